The first-order valence-electron chi connectivity index (χ1n) is 8.75. The number of urea groups is 1. The van der Waals surface area contributed by atoms with Gasteiger partial charge in [0.25, 0.3) is 0 Å². The molecule has 0 saturated carbocycles. The molecule has 7 nitrogen and oxygen atoms in total. The van der Waals surface area contributed by atoms with Crippen molar-refractivity contribution in [2.24, 2.45) is 5.16 Å². The van der Waals surface area contributed by atoms with Crippen molar-refractivity contribution in [3.63, 3.8) is 0 Å². The summed E-state index contributed by atoms with van der Waals surface area (Å²) >= 11 is 0. The summed E-state index contributed by atoms with van der Waals surface area (Å²) in [5.74, 6) is 0. The lowest BCUT2D eigenvalue weighted by molar-refractivity contribution is 0.166. The van der Waals surface area contributed by atoms with Crippen LogP contribution in [0.3, 0.4) is 0 Å². The van der Waals surface area contributed by atoms with E-state index >= 15 is 0 Å². The second-order valence-corrected chi connectivity index (χ2v) is 5.90. The number of ether oxygens (including phenoxy) is 1. The number of amides is 3. The smallest absolute Gasteiger partial charge is 0.423 e. The number of carbonyl (C=O) groups excluding carboxylic acids is 2. The first kappa shape index (κ1) is 20.7. The van der Waals surface area contributed by atoms with Crippen molar-refractivity contribution < 1.29 is 19.5 Å². The summed E-state index contributed by atoms with van der Waals surface area (Å²) in [5.41, 5.74) is 2.49. The maximum Gasteiger partial charge on any atom is 0.423 e. The van der Waals surface area contributed by atoms with Gasteiger partial charge >= 0.3 is 12.1 Å². The molecule has 0 aromatic heterocycles. The first-order valence-corrected chi connectivity index (χ1v) is 8.75. The van der Waals surface area contributed by atoms with E-state index in [2.05, 4.69) is 17.1 Å². The van der Waals surface area contributed by atoms with Gasteiger partial charge in [-0.2, -0.15) is 4.90 Å². The lowest BCUT2D eigenvalue weighted by Crippen LogP contribution is -2.45. The minimum absolute atomic E-state index is 0.0129. The molecule has 0 spiro atoms. The summed E-state index contributed by atoms with van der Waals surface area (Å²) in [6, 6.07) is 15.6. The zero-order valence-corrected chi connectivity index (χ0v) is 15.7. The molecule has 0 heterocycles. The fourth-order valence-corrected chi connectivity index (χ4v) is 2.45. The molecule has 0 fully saturated rings. The van der Waals surface area contributed by atoms with Gasteiger partial charge in [0.15, 0.2) is 0 Å². The molecule has 0 aliphatic heterocycles. The maximum atomic E-state index is 12.6. The van der Waals surface area contributed by atoms with Gasteiger partial charge in [-0.1, -0.05) is 60.3 Å². The number of benzene rings is 2. The van der Waals surface area contributed by atoms with Crippen LogP contribution in [-0.4, -0.2) is 36.2 Å². The highest BCUT2D eigenvalue weighted by atomic mass is 16.6. The minimum Gasteiger partial charge on any atom is -0.445 e. The Morgan fingerprint density at radius 2 is 1.86 bits per heavy atom. The number of hydrogen-bond donors (Lipinski definition) is 2. The van der Waals surface area contributed by atoms with E-state index in [1.807, 2.05) is 30.3 Å². The van der Waals surface area contributed by atoms with Crippen LogP contribution in [0.25, 0.3) is 0 Å². The van der Waals surface area contributed by atoms with Crippen LogP contribution >= 0.6 is 0 Å². The molecule has 2 aromatic carbocycles. The molecule has 3 amide bonds. The summed E-state index contributed by atoms with van der Waals surface area (Å²) in [6.45, 7) is 5.49. The van der Waals surface area contributed by atoms with Crippen molar-refractivity contribution in [1.82, 2.24) is 5.32 Å². The molecule has 0 atom stereocenters. The van der Waals surface area contributed by atoms with Gasteiger partial charge in [0, 0.05) is 6.54 Å². The average Bonchev–Trinajstić information content (AvgIpc) is 2.73. The monoisotopic (exact) mass is 381 g/mol. The Bertz CT molecular complexity index is 832. The van der Waals surface area contributed by atoms with Crippen LogP contribution in [0.15, 0.2) is 72.4 Å². The molecule has 0 unspecified atom stereocenters. The van der Waals surface area contributed by atoms with E-state index in [9.17, 15) is 9.59 Å². The van der Waals surface area contributed by atoms with Crippen molar-refractivity contribution in [3.8, 4) is 0 Å². The molecule has 7 heteroatoms. The Morgan fingerprint density at radius 1 is 1.18 bits per heavy atom. The highest BCUT2D eigenvalue weighted by molar-refractivity contribution is 6.11. The van der Waals surface area contributed by atoms with E-state index in [0.29, 0.717) is 29.9 Å². The molecule has 146 valence electrons. The summed E-state index contributed by atoms with van der Waals surface area (Å²) in [4.78, 5) is 25.9. The molecule has 28 heavy (non-hydrogen) atoms. The SMILES string of the molecule is C=CCOC(=O)N(C(=O)NCCc1ccccc1)c1ccc(C(C)=NO)cc1. The van der Waals surface area contributed by atoms with Crippen molar-refractivity contribution >= 4 is 23.5 Å². The van der Waals surface area contributed by atoms with E-state index in [1.54, 1.807) is 31.2 Å². The maximum absolute atomic E-state index is 12.6. The molecule has 2 aromatic rings. The zero-order chi connectivity index (χ0) is 20.4. The standard InChI is InChI=1S/C21H23N3O4/c1-3-15-28-21(26)24(19-11-9-18(10-12-19)16(2)23-27)20(25)22-14-13-17-7-5-4-6-8-17/h3-12,27H,1,13-15H2,2H3,(H,22,25). The van der Waals surface area contributed by atoms with Gasteiger partial charge in [-0.15, -0.1) is 0 Å². The van der Waals surface area contributed by atoms with Gasteiger partial charge < -0.3 is 15.3 Å². The van der Waals surface area contributed by atoms with Gasteiger partial charge in [-0.3, -0.25) is 0 Å². The quantitative estimate of drug-likeness (QED) is 0.329. The minimum atomic E-state index is -0.808. The summed E-state index contributed by atoms with van der Waals surface area (Å²) < 4.78 is 5.04. The summed E-state index contributed by atoms with van der Waals surface area (Å²) in [6.07, 6.45) is 1.25. The Kier molecular flexibility index (Phi) is 7.77. The van der Waals surface area contributed by atoms with Crippen LogP contribution in [0.4, 0.5) is 15.3 Å². The van der Waals surface area contributed by atoms with Gasteiger partial charge in [-0.05, 0) is 36.6 Å². The number of anilines is 1. The predicted octanol–water partition coefficient (Wildman–Crippen LogP) is 3.97. The van der Waals surface area contributed by atoms with Crippen molar-refractivity contribution in [2.45, 2.75) is 13.3 Å². The van der Waals surface area contributed by atoms with Gasteiger partial charge in [-0.25, -0.2) is 9.59 Å². The lowest BCUT2D eigenvalue weighted by atomic mass is 10.1. The van der Waals surface area contributed by atoms with E-state index < -0.39 is 12.1 Å². The van der Waals surface area contributed by atoms with Crippen molar-refractivity contribution in [1.29, 1.82) is 0 Å². The second kappa shape index (κ2) is 10.5. The number of imide groups is 1. The number of oxime groups is 1. The van der Waals surface area contributed by atoms with E-state index in [-0.39, 0.29) is 6.61 Å². The van der Waals surface area contributed by atoms with Crippen LogP contribution in [0.1, 0.15) is 18.1 Å². The van der Waals surface area contributed by atoms with E-state index in [0.717, 1.165) is 10.5 Å². The molecule has 0 bridgehead atoms. The fourth-order valence-electron chi connectivity index (χ4n) is 2.45. The topological polar surface area (TPSA) is 91.2 Å². The van der Waals surface area contributed by atoms with Gasteiger partial charge in [0.1, 0.15) is 6.61 Å². The van der Waals surface area contributed by atoms with Crippen molar-refractivity contribution in [3.05, 3.63) is 78.4 Å². The Morgan fingerprint density at radius 3 is 2.46 bits per heavy atom. The normalized spacial score (nSPS) is 10.8. The van der Waals surface area contributed by atoms with E-state index in [1.165, 1.54) is 6.08 Å². The molecular weight excluding hydrogens is 358 g/mol. The molecule has 2 N–H and O–H groups in total. The van der Waals surface area contributed by atoms with Crippen LogP contribution in [-0.2, 0) is 11.2 Å². The van der Waals surface area contributed by atoms with Crippen LogP contribution in [0, 0.1) is 0 Å². The molecular formula is C21H23N3O4. The van der Waals surface area contributed by atoms with Gasteiger partial charge in [0.2, 0.25) is 0 Å². The molecule has 2 rings (SSSR count). The number of carbonyl (C=O) groups is 2. The predicted molar refractivity (Wildman–Crippen MR) is 108 cm³/mol. The lowest BCUT2D eigenvalue weighted by Gasteiger charge is -2.21. The number of nitrogens with one attached hydrogen (secondary N) is 1. The Labute approximate surface area is 163 Å². The highest BCUT2D eigenvalue weighted by Crippen LogP contribution is 2.17. The average molecular weight is 381 g/mol. The number of rotatable bonds is 7. The third-order valence-electron chi connectivity index (χ3n) is 3.94. The fraction of sp³-hybridized carbons (Fsp3) is 0.190. The third kappa shape index (κ3) is 5.70. The first-order chi connectivity index (χ1) is 13.6. The molecule has 0 aliphatic rings. The van der Waals surface area contributed by atoms with Crippen LogP contribution in [0.5, 0.6) is 0 Å². The highest BCUT2D eigenvalue weighted by Gasteiger charge is 2.24. The Hall–Kier alpha value is -3.61. The van der Waals surface area contributed by atoms with Crippen molar-refractivity contribution in [2.75, 3.05) is 18.1 Å². The van der Waals surface area contributed by atoms with Gasteiger partial charge in [0.05, 0.1) is 11.4 Å². The largest absolute Gasteiger partial charge is 0.445 e. The van der Waals surface area contributed by atoms with E-state index in [4.69, 9.17) is 9.94 Å². The van der Waals surface area contributed by atoms with Crippen LogP contribution < -0.4 is 10.2 Å². The zero-order valence-electron chi connectivity index (χ0n) is 15.7. The summed E-state index contributed by atoms with van der Waals surface area (Å²) in [7, 11) is 0. The molecule has 0 radical (unpaired) electrons. The molecule has 0 aliphatic carbocycles. The van der Waals surface area contributed by atoms with Crippen LogP contribution in [0.2, 0.25) is 0 Å². The second-order valence-electron chi connectivity index (χ2n) is 5.90. The number of hydrogen-bond acceptors (Lipinski definition) is 5. The molecule has 0 saturated heterocycles. The summed E-state index contributed by atoms with van der Waals surface area (Å²) in [5, 5.41) is 14.7. The number of nitrogens with zero attached hydrogens (tertiary/aromatic N) is 2. The Balaban J connectivity index is 2.12. The third-order valence-corrected chi connectivity index (χ3v) is 3.94.